The Morgan fingerprint density at radius 2 is 0.667 bits per heavy atom. The normalized spacial score (nSPS) is 13.2. The van der Waals surface area contributed by atoms with Gasteiger partial charge in [0.1, 0.15) is 0 Å². The van der Waals surface area contributed by atoms with Gasteiger partial charge >= 0.3 is 22.9 Å². The summed E-state index contributed by atoms with van der Waals surface area (Å²) in [4.78, 5) is 4.08. The van der Waals surface area contributed by atoms with Gasteiger partial charge in [0.05, 0.1) is 10.9 Å². The summed E-state index contributed by atoms with van der Waals surface area (Å²) < 4.78 is 137. The van der Waals surface area contributed by atoms with Gasteiger partial charge in [0.15, 0.2) is 14.7 Å². The Morgan fingerprint density at radius 3 is 0.861 bits per heavy atom. The van der Waals surface area contributed by atoms with E-state index in [1.54, 1.807) is 0 Å². The lowest BCUT2D eigenvalue weighted by atomic mass is 10.4. The number of alkyl halides is 10. The third-order valence-corrected chi connectivity index (χ3v) is 8.32. The van der Waals surface area contributed by atoms with Crippen LogP contribution in [0.5, 0.6) is 0 Å². The van der Waals surface area contributed by atoms with Crippen LogP contribution in [0, 0.1) is 0 Å². The van der Waals surface area contributed by atoms with Crippen molar-refractivity contribution in [3.8, 4) is 0 Å². The van der Waals surface area contributed by atoms with Crippen LogP contribution in [-0.4, -0.2) is 31.3 Å². The van der Waals surface area contributed by atoms with E-state index < -0.39 is 32.7 Å². The number of benzene rings is 3. The van der Waals surface area contributed by atoms with Gasteiger partial charge in [0.2, 0.25) is 0 Å². The minimum Gasteiger partial charge on any atom is -0.215 e. The minimum atomic E-state index is -8.17. The van der Waals surface area contributed by atoms with Crippen molar-refractivity contribution in [3.05, 3.63) is 91.0 Å². The molecule has 0 aliphatic heterocycles. The largest absolute Gasteiger partial charge is 0.469 e. The van der Waals surface area contributed by atoms with E-state index in [9.17, 15) is 52.3 Å². The van der Waals surface area contributed by atoms with Crippen LogP contribution in [-0.2, 0) is 20.7 Å². The molecule has 0 fully saturated rings. The van der Waals surface area contributed by atoms with Crippen molar-refractivity contribution in [1.82, 2.24) is 0 Å². The smallest absolute Gasteiger partial charge is 0.215 e. The molecule has 3 rings (SSSR count). The molecule has 0 aromatic heterocycles. The third kappa shape index (κ3) is 5.97. The van der Waals surface area contributed by atoms with Gasteiger partial charge in [-0.25, -0.2) is 8.42 Å². The molecule has 196 valence electrons. The maximum absolute atomic E-state index is 12.0. The molecule has 0 aliphatic carbocycles. The van der Waals surface area contributed by atoms with E-state index in [1.807, 2.05) is 0 Å². The molecule has 36 heavy (non-hydrogen) atoms. The Labute approximate surface area is 201 Å². The summed E-state index contributed by atoms with van der Waals surface area (Å²) in [5.41, 5.74) is 0. The molecular formula is C22H15F10O2S2+. The van der Waals surface area contributed by atoms with Gasteiger partial charge < -0.3 is 0 Å². The summed E-state index contributed by atoms with van der Waals surface area (Å²) in [6.07, 6.45) is -14.2. The van der Waals surface area contributed by atoms with Crippen LogP contribution in [0.25, 0.3) is 0 Å². The molecule has 0 radical (unpaired) electrons. The fourth-order valence-electron chi connectivity index (χ4n) is 2.54. The lowest BCUT2D eigenvalue weighted by molar-refractivity contribution is -0.262. The van der Waals surface area contributed by atoms with Crippen LogP contribution in [0.15, 0.2) is 106 Å². The fourth-order valence-corrected chi connectivity index (χ4v) is 5.58. The van der Waals surface area contributed by atoms with Crippen LogP contribution in [0.1, 0.15) is 0 Å². The molecular weight excluding hydrogens is 550 g/mol. The quantitative estimate of drug-likeness (QED) is 0.237. The van der Waals surface area contributed by atoms with E-state index in [4.69, 9.17) is 0 Å². The van der Waals surface area contributed by atoms with Crippen molar-refractivity contribution >= 4 is 20.7 Å². The fraction of sp³-hybridized carbons (Fsp3) is 0.182. The van der Waals surface area contributed by atoms with Gasteiger partial charge in [-0.2, -0.15) is 43.9 Å². The maximum atomic E-state index is 12.0. The Balaban J connectivity index is 0.000000256. The van der Waals surface area contributed by atoms with E-state index in [-0.39, 0.29) is 10.9 Å². The number of sulfone groups is 1. The van der Waals surface area contributed by atoms with E-state index in [0.29, 0.717) is 0 Å². The second-order valence-corrected chi connectivity index (χ2v) is 10.8. The van der Waals surface area contributed by atoms with Gasteiger partial charge in [-0.3, -0.25) is 0 Å². The minimum absolute atomic E-state index is 0.0146. The Hall–Kier alpha value is -2.74. The number of hydrogen-bond acceptors (Lipinski definition) is 2. The zero-order valence-electron chi connectivity index (χ0n) is 17.6. The van der Waals surface area contributed by atoms with Crippen LogP contribution >= 0.6 is 0 Å². The summed E-state index contributed by atoms with van der Waals surface area (Å²) in [6, 6.07) is 32.2. The first kappa shape index (κ1) is 29.5. The second-order valence-electron chi connectivity index (χ2n) is 6.78. The van der Waals surface area contributed by atoms with E-state index in [2.05, 4.69) is 91.0 Å². The average Bonchev–Trinajstić information content (AvgIpc) is 2.80. The topological polar surface area (TPSA) is 34.1 Å². The highest BCUT2D eigenvalue weighted by molar-refractivity contribution is 7.97. The van der Waals surface area contributed by atoms with Crippen molar-refractivity contribution in [1.29, 1.82) is 0 Å². The van der Waals surface area contributed by atoms with Crippen molar-refractivity contribution in [2.45, 2.75) is 37.5 Å². The maximum Gasteiger partial charge on any atom is 0.469 e. The van der Waals surface area contributed by atoms with Gasteiger partial charge in [0, 0.05) is 0 Å². The van der Waals surface area contributed by atoms with E-state index in [0.717, 1.165) is 0 Å². The lowest BCUT2D eigenvalue weighted by Gasteiger charge is -2.26. The zero-order valence-corrected chi connectivity index (χ0v) is 19.2. The molecule has 0 saturated heterocycles. The number of hydrogen-bond donors (Lipinski definition) is 0. The molecule has 3 aromatic carbocycles. The van der Waals surface area contributed by atoms with E-state index >= 15 is 0 Å². The van der Waals surface area contributed by atoms with Crippen molar-refractivity contribution in [3.63, 3.8) is 0 Å². The first-order valence-corrected chi connectivity index (χ1v) is 12.2. The van der Waals surface area contributed by atoms with Crippen molar-refractivity contribution < 1.29 is 52.3 Å². The summed E-state index contributed by atoms with van der Waals surface area (Å²) >= 11 is 0. The first-order chi connectivity index (χ1) is 16.4. The molecule has 0 aliphatic rings. The molecule has 3 aromatic rings. The van der Waals surface area contributed by atoms with Crippen LogP contribution < -0.4 is 0 Å². The second kappa shape index (κ2) is 10.7. The summed E-state index contributed by atoms with van der Waals surface area (Å²) in [5.74, 6) is 0. The molecule has 2 nitrogen and oxygen atoms in total. The monoisotopic (exact) mass is 565 g/mol. The van der Waals surface area contributed by atoms with Gasteiger partial charge in [-0.15, -0.1) is 0 Å². The summed E-state index contributed by atoms with van der Waals surface area (Å²) in [6.45, 7) is 0. The van der Waals surface area contributed by atoms with Gasteiger partial charge in [-0.05, 0) is 36.4 Å². The molecule has 0 spiro atoms. The van der Waals surface area contributed by atoms with Crippen LogP contribution in [0.3, 0.4) is 0 Å². The Kier molecular flexibility index (Phi) is 8.77. The number of rotatable bonds is 5. The van der Waals surface area contributed by atoms with Crippen LogP contribution in [0.2, 0.25) is 0 Å². The lowest BCUT2D eigenvalue weighted by Crippen LogP contribution is -2.56. The average molecular weight is 565 g/mol. The molecule has 0 unspecified atom stereocenters. The predicted octanol–water partition coefficient (Wildman–Crippen LogP) is 7.49. The van der Waals surface area contributed by atoms with E-state index in [1.165, 1.54) is 14.7 Å². The standard InChI is InChI=1S/C18H15S.C4F10O2S/c1-4-10-16(11-5-1)19(17-12-6-2-7-13-17)18-14-8-3-9-15-18;5-1(6,7)3(11,12)17(15,16)4(13,14)2(8,9)10/h1-15H;/q+1;. The molecule has 0 N–H and O–H groups in total. The highest BCUT2D eigenvalue weighted by atomic mass is 32.2. The van der Waals surface area contributed by atoms with Crippen molar-refractivity contribution in [2.75, 3.05) is 0 Å². The summed E-state index contributed by atoms with van der Waals surface area (Å²) in [5, 5.41) is -14.4. The molecule has 0 saturated carbocycles. The molecule has 0 heterocycles. The van der Waals surface area contributed by atoms with Gasteiger partial charge in [0.25, 0.3) is 9.84 Å². The molecule has 14 heteroatoms. The third-order valence-electron chi connectivity index (χ3n) is 4.27. The summed E-state index contributed by atoms with van der Waals surface area (Å²) in [7, 11) is -8.18. The SMILES string of the molecule is O=S(=O)(C(F)(F)C(F)(F)F)C(F)(F)C(F)(F)F.c1ccc([S+](c2ccccc2)c2ccccc2)cc1. The van der Waals surface area contributed by atoms with Crippen LogP contribution in [0.4, 0.5) is 43.9 Å². The molecule has 0 bridgehead atoms. The first-order valence-electron chi connectivity index (χ1n) is 9.48. The Bertz CT molecular complexity index is 1090. The highest BCUT2D eigenvalue weighted by Gasteiger charge is 2.81. The van der Waals surface area contributed by atoms with Crippen molar-refractivity contribution in [2.24, 2.45) is 0 Å². The zero-order chi connectivity index (χ0) is 27.4. The predicted molar refractivity (Wildman–Crippen MR) is 112 cm³/mol. The number of halogens is 10. The van der Waals surface area contributed by atoms with Gasteiger partial charge in [-0.1, -0.05) is 54.6 Å². The highest BCUT2D eigenvalue weighted by Crippen LogP contribution is 2.50. The molecule has 0 atom stereocenters. The Morgan fingerprint density at radius 1 is 0.444 bits per heavy atom. The molecule has 0 amide bonds.